The van der Waals surface area contributed by atoms with Crippen LogP contribution in [0.25, 0.3) is 0 Å². The van der Waals surface area contributed by atoms with E-state index in [4.69, 9.17) is 9.47 Å². The molecular formula is C22H27F2N3O2. The molecule has 5 nitrogen and oxygen atoms in total. The van der Waals surface area contributed by atoms with E-state index >= 15 is 0 Å². The summed E-state index contributed by atoms with van der Waals surface area (Å²) in [5, 5.41) is 2.87. The molecule has 7 heteroatoms. The molecule has 0 radical (unpaired) electrons. The minimum atomic E-state index is -0.224. The van der Waals surface area contributed by atoms with Crippen molar-refractivity contribution in [2.45, 2.75) is 19.9 Å². The Hall–Kier alpha value is -3.22. The Morgan fingerprint density at radius 1 is 1.00 bits per heavy atom. The number of rotatable bonds is 1. The summed E-state index contributed by atoms with van der Waals surface area (Å²) < 4.78 is 36.5. The third-order valence-electron chi connectivity index (χ3n) is 4.20. The second-order valence-corrected chi connectivity index (χ2v) is 6.12. The number of amidine groups is 2. The van der Waals surface area contributed by atoms with Crippen LogP contribution >= 0.6 is 0 Å². The van der Waals surface area contributed by atoms with Crippen molar-refractivity contribution < 1.29 is 19.7 Å². The quantitative estimate of drug-likeness (QED) is 0.701. The summed E-state index contributed by atoms with van der Waals surface area (Å²) in [6, 6.07) is 12.3. The fourth-order valence-corrected chi connectivity index (χ4v) is 2.64. The van der Waals surface area contributed by atoms with E-state index in [1.54, 1.807) is 32.0 Å². The van der Waals surface area contributed by atoms with Crippen molar-refractivity contribution in [1.82, 2.24) is 5.32 Å². The molecule has 2 heterocycles. The lowest BCUT2D eigenvalue weighted by molar-refractivity contribution is 0.300. The summed E-state index contributed by atoms with van der Waals surface area (Å²) in [6.07, 6.45) is 0. The molecule has 2 aliphatic heterocycles. The molecule has 2 aromatic rings. The van der Waals surface area contributed by atoms with Gasteiger partial charge in [-0.3, -0.25) is 5.32 Å². The van der Waals surface area contributed by atoms with E-state index in [-0.39, 0.29) is 19.1 Å². The van der Waals surface area contributed by atoms with Gasteiger partial charge < -0.3 is 9.47 Å². The van der Waals surface area contributed by atoms with Crippen LogP contribution in [-0.4, -0.2) is 31.8 Å². The van der Waals surface area contributed by atoms with Crippen molar-refractivity contribution in [1.29, 1.82) is 0 Å². The van der Waals surface area contributed by atoms with E-state index in [2.05, 4.69) is 28.5 Å². The molecule has 0 aromatic heterocycles. The molecule has 2 aromatic carbocycles. The molecule has 1 atom stereocenters. The molecule has 0 amide bonds. The maximum atomic E-state index is 13.5. The SMILES string of the molecule is C=C.Cc1c(F)cccc1[C@H]1COC(NC2=NCCO2)=N1.Cc1ccccc1F.[HH]. The molecule has 0 spiro atoms. The lowest BCUT2D eigenvalue weighted by Gasteiger charge is -2.09. The molecule has 0 saturated carbocycles. The van der Waals surface area contributed by atoms with Gasteiger partial charge >= 0.3 is 0 Å². The van der Waals surface area contributed by atoms with E-state index < -0.39 is 0 Å². The first-order valence-electron chi connectivity index (χ1n) is 9.15. The minimum Gasteiger partial charge on any atom is -0.463 e. The Bertz CT molecular complexity index is 869. The highest BCUT2D eigenvalue weighted by Crippen LogP contribution is 2.26. The molecule has 1 N–H and O–H groups in total. The van der Waals surface area contributed by atoms with Crippen LogP contribution < -0.4 is 5.32 Å². The number of nitrogens with zero attached hydrogens (tertiary/aromatic N) is 2. The average molecular weight is 403 g/mol. The summed E-state index contributed by atoms with van der Waals surface area (Å²) in [7, 11) is 0. The predicted octanol–water partition coefficient (Wildman–Crippen LogP) is 4.72. The van der Waals surface area contributed by atoms with Crippen molar-refractivity contribution >= 4 is 12.0 Å². The maximum Gasteiger partial charge on any atom is 0.293 e. The van der Waals surface area contributed by atoms with Crippen LogP contribution in [0.3, 0.4) is 0 Å². The number of ether oxygens (including phenoxy) is 2. The van der Waals surface area contributed by atoms with Crippen molar-refractivity contribution in [3.8, 4) is 0 Å². The van der Waals surface area contributed by atoms with Gasteiger partial charge in [-0.15, -0.1) is 13.2 Å². The first-order chi connectivity index (χ1) is 14.0. The third kappa shape index (κ3) is 6.14. The molecule has 0 fully saturated rings. The lowest BCUT2D eigenvalue weighted by Crippen LogP contribution is -2.30. The Morgan fingerprint density at radius 2 is 1.72 bits per heavy atom. The number of aryl methyl sites for hydroxylation is 1. The number of halogens is 2. The van der Waals surface area contributed by atoms with Crippen molar-refractivity contribution in [2.75, 3.05) is 19.8 Å². The summed E-state index contributed by atoms with van der Waals surface area (Å²) in [6.45, 7) is 11.1. The molecule has 2 aliphatic rings. The van der Waals surface area contributed by atoms with E-state index in [1.165, 1.54) is 12.1 Å². The zero-order chi connectivity index (χ0) is 21.2. The molecular weight excluding hydrogens is 376 g/mol. The van der Waals surface area contributed by atoms with Gasteiger partial charge in [0.15, 0.2) is 0 Å². The van der Waals surface area contributed by atoms with E-state index in [9.17, 15) is 8.78 Å². The highest BCUT2D eigenvalue weighted by molar-refractivity contribution is 5.94. The van der Waals surface area contributed by atoms with Crippen LogP contribution in [-0.2, 0) is 9.47 Å². The standard InChI is InChI=1S/C13H14FN3O2.C7H7F.C2H4.H2/c1-8-9(3-2-4-10(8)14)11-7-19-13(16-11)17-12-15-5-6-18-12;1-6-4-2-3-5-7(6)8;1-2;/h2-4,11H,5-7H2,1H3,(H,15,16,17);2-5H,1H3;1-2H2;1H/t11-;;;/m1.../s1. The zero-order valence-electron chi connectivity index (χ0n) is 16.6. The third-order valence-corrected chi connectivity index (χ3v) is 4.20. The topological polar surface area (TPSA) is 55.2 Å². The van der Waals surface area contributed by atoms with Gasteiger partial charge in [-0.2, -0.15) is 0 Å². The van der Waals surface area contributed by atoms with Crippen molar-refractivity contribution in [3.05, 3.63) is 83.9 Å². The highest BCUT2D eigenvalue weighted by atomic mass is 19.1. The largest absolute Gasteiger partial charge is 0.463 e. The van der Waals surface area contributed by atoms with E-state index in [0.717, 1.165) is 5.56 Å². The Labute approximate surface area is 171 Å². The fraction of sp³-hybridized carbons (Fsp3) is 0.273. The summed E-state index contributed by atoms with van der Waals surface area (Å²) in [5.41, 5.74) is 2.15. The van der Waals surface area contributed by atoms with Crippen LogP contribution in [0.5, 0.6) is 0 Å². The summed E-state index contributed by atoms with van der Waals surface area (Å²) >= 11 is 0. The zero-order valence-corrected chi connectivity index (χ0v) is 16.6. The smallest absolute Gasteiger partial charge is 0.293 e. The van der Waals surface area contributed by atoms with E-state index in [0.29, 0.717) is 42.9 Å². The number of nitrogens with one attached hydrogen (secondary N) is 1. The first kappa shape index (κ1) is 22.1. The van der Waals surface area contributed by atoms with Gasteiger partial charge in [0.25, 0.3) is 12.0 Å². The fourth-order valence-electron chi connectivity index (χ4n) is 2.64. The number of hydrogen-bond donors (Lipinski definition) is 1. The lowest BCUT2D eigenvalue weighted by atomic mass is 10.0. The molecule has 0 bridgehead atoms. The number of hydrogen-bond acceptors (Lipinski definition) is 5. The Balaban J connectivity index is 0.000000346. The second kappa shape index (κ2) is 10.9. The summed E-state index contributed by atoms with van der Waals surface area (Å²) in [5.74, 6) is -0.356. The normalized spacial score (nSPS) is 16.8. The molecule has 4 rings (SSSR count). The average Bonchev–Trinajstić information content (AvgIpc) is 3.41. The van der Waals surface area contributed by atoms with Gasteiger partial charge in [0, 0.05) is 1.43 Å². The van der Waals surface area contributed by atoms with E-state index in [1.807, 2.05) is 12.1 Å². The number of aliphatic imine (C=N–C) groups is 2. The van der Waals surface area contributed by atoms with Crippen LogP contribution in [0.15, 0.2) is 65.6 Å². The molecule has 0 unspecified atom stereocenters. The van der Waals surface area contributed by atoms with Crippen LogP contribution in [0.1, 0.15) is 24.2 Å². The van der Waals surface area contributed by atoms with Crippen molar-refractivity contribution in [3.63, 3.8) is 0 Å². The maximum absolute atomic E-state index is 13.5. The van der Waals surface area contributed by atoms with Gasteiger partial charge in [-0.05, 0) is 42.7 Å². The second-order valence-electron chi connectivity index (χ2n) is 6.12. The predicted molar refractivity (Wildman–Crippen MR) is 113 cm³/mol. The molecule has 156 valence electrons. The molecule has 0 saturated heterocycles. The van der Waals surface area contributed by atoms with Gasteiger partial charge in [-0.25, -0.2) is 18.8 Å². The Kier molecular flexibility index (Phi) is 8.33. The molecule has 0 aliphatic carbocycles. The monoisotopic (exact) mass is 403 g/mol. The molecule has 29 heavy (non-hydrogen) atoms. The highest BCUT2D eigenvalue weighted by Gasteiger charge is 2.24. The van der Waals surface area contributed by atoms with Gasteiger partial charge in [0.2, 0.25) is 0 Å². The van der Waals surface area contributed by atoms with Gasteiger partial charge in [0.05, 0.1) is 6.54 Å². The van der Waals surface area contributed by atoms with Crippen LogP contribution in [0.2, 0.25) is 0 Å². The first-order valence-corrected chi connectivity index (χ1v) is 9.15. The van der Waals surface area contributed by atoms with Gasteiger partial charge in [-0.1, -0.05) is 30.3 Å². The Morgan fingerprint density at radius 3 is 2.34 bits per heavy atom. The van der Waals surface area contributed by atoms with Gasteiger partial charge in [0.1, 0.15) is 30.9 Å². The number of benzene rings is 2. The summed E-state index contributed by atoms with van der Waals surface area (Å²) in [4.78, 5) is 8.47. The van der Waals surface area contributed by atoms with Crippen LogP contribution in [0, 0.1) is 25.5 Å². The minimum absolute atomic E-state index is 0. The van der Waals surface area contributed by atoms with Crippen LogP contribution in [0.4, 0.5) is 8.78 Å². The van der Waals surface area contributed by atoms with Crippen molar-refractivity contribution in [2.24, 2.45) is 9.98 Å².